The van der Waals surface area contributed by atoms with Gasteiger partial charge in [-0.05, 0) is 25.0 Å². The van der Waals surface area contributed by atoms with Gasteiger partial charge in [0.1, 0.15) is 17.9 Å². The fraction of sp³-hybridized carbons (Fsp3) is 0.533. The van der Waals surface area contributed by atoms with E-state index < -0.39 is 5.97 Å². The van der Waals surface area contributed by atoms with E-state index in [1.54, 1.807) is 31.4 Å². The molecule has 0 aliphatic carbocycles. The zero-order chi connectivity index (χ0) is 14.4. The number of aromatic carboxylic acids is 1. The molecule has 1 saturated heterocycles. The van der Waals surface area contributed by atoms with Gasteiger partial charge in [0, 0.05) is 26.7 Å². The molecule has 1 aliphatic heterocycles. The van der Waals surface area contributed by atoms with Crippen molar-refractivity contribution in [1.29, 1.82) is 0 Å². The van der Waals surface area contributed by atoms with E-state index in [1.165, 1.54) is 0 Å². The summed E-state index contributed by atoms with van der Waals surface area (Å²) in [5.74, 6) is -0.520. The van der Waals surface area contributed by atoms with Crippen LogP contribution in [0.1, 0.15) is 23.2 Å². The van der Waals surface area contributed by atoms with Crippen molar-refractivity contribution in [3.05, 3.63) is 29.8 Å². The van der Waals surface area contributed by atoms with Crippen LogP contribution in [0, 0.1) is 0 Å². The summed E-state index contributed by atoms with van der Waals surface area (Å²) in [6.07, 6.45) is 2.46. The topological polar surface area (TPSA) is 59.0 Å². The van der Waals surface area contributed by atoms with Crippen molar-refractivity contribution in [2.24, 2.45) is 0 Å². The molecule has 2 rings (SSSR count). The Morgan fingerprint density at radius 1 is 1.35 bits per heavy atom. The van der Waals surface area contributed by atoms with Crippen molar-refractivity contribution >= 4 is 5.97 Å². The minimum atomic E-state index is -0.957. The van der Waals surface area contributed by atoms with Gasteiger partial charge in [0.2, 0.25) is 0 Å². The second-order valence-electron chi connectivity index (χ2n) is 4.93. The average Bonchev–Trinajstić information content (AvgIpc) is 2.48. The molecule has 1 fully saturated rings. The molecule has 20 heavy (non-hydrogen) atoms. The standard InChI is InChI=1S/C15H21NO4/c1-19-12-6-8-16(9-7-12)10-11-20-14-5-3-2-4-13(14)15(17)18/h2-5,12H,6-11H2,1H3,(H,17,18). The van der Waals surface area contributed by atoms with E-state index in [0.29, 0.717) is 18.5 Å². The molecule has 110 valence electrons. The molecule has 0 saturated carbocycles. The highest BCUT2D eigenvalue weighted by Crippen LogP contribution is 2.18. The van der Waals surface area contributed by atoms with Crippen molar-refractivity contribution in [1.82, 2.24) is 4.90 Å². The third kappa shape index (κ3) is 3.95. The number of hydrogen-bond donors (Lipinski definition) is 1. The average molecular weight is 279 g/mol. The summed E-state index contributed by atoms with van der Waals surface area (Å²) in [6, 6.07) is 6.74. The van der Waals surface area contributed by atoms with E-state index in [1.807, 2.05) is 0 Å². The summed E-state index contributed by atoms with van der Waals surface area (Å²) in [7, 11) is 1.76. The number of carboxylic acids is 1. The lowest BCUT2D eigenvalue weighted by molar-refractivity contribution is 0.0373. The minimum absolute atomic E-state index is 0.214. The molecule has 5 heteroatoms. The van der Waals surface area contributed by atoms with Crippen LogP contribution in [-0.4, -0.2) is 55.4 Å². The highest BCUT2D eigenvalue weighted by atomic mass is 16.5. The summed E-state index contributed by atoms with van der Waals surface area (Å²) in [5.41, 5.74) is 0.214. The minimum Gasteiger partial charge on any atom is -0.491 e. The number of piperidine rings is 1. The summed E-state index contributed by atoms with van der Waals surface area (Å²) in [5, 5.41) is 9.07. The number of carboxylic acid groups (broad SMARTS) is 1. The number of benzene rings is 1. The van der Waals surface area contributed by atoms with Crippen molar-refractivity contribution < 1.29 is 19.4 Å². The monoisotopic (exact) mass is 279 g/mol. The predicted octanol–water partition coefficient (Wildman–Crippen LogP) is 1.87. The molecule has 1 heterocycles. The first kappa shape index (κ1) is 14.8. The molecule has 0 unspecified atom stereocenters. The second kappa shape index (κ2) is 7.26. The maximum absolute atomic E-state index is 11.1. The number of para-hydroxylation sites is 1. The predicted molar refractivity (Wildman–Crippen MR) is 75.4 cm³/mol. The number of carbonyl (C=O) groups is 1. The second-order valence-corrected chi connectivity index (χ2v) is 4.93. The molecule has 0 radical (unpaired) electrons. The Kier molecular flexibility index (Phi) is 5.38. The first-order chi connectivity index (χ1) is 9.70. The van der Waals surface area contributed by atoms with Crippen molar-refractivity contribution in [2.45, 2.75) is 18.9 Å². The molecule has 1 aromatic carbocycles. The Hall–Kier alpha value is -1.59. The van der Waals surface area contributed by atoms with Crippen LogP contribution in [0.4, 0.5) is 0 Å². The highest BCUT2D eigenvalue weighted by Gasteiger charge is 2.18. The van der Waals surface area contributed by atoms with Gasteiger partial charge >= 0.3 is 5.97 Å². The van der Waals surface area contributed by atoms with Crippen LogP contribution >= 0.6 is 0 Å². The molecule has 5 nitrogen and oxygen atoms in total. The van der Waals surface area contributed by atoms with Crippen LogP contribution < -0.4 is 4.74 Å². The first-order valence-corrected chi connectivity index (χ1v) is 6.91. The van der Waals surface area contributed by atoms with E-state index in [4.69, 9.17) is 14.6 Å². The number of nitrogens with zero attached hydrogens (tertiary/aromatic N) is 1. The lowest BCUT2D eigenvalue weighted by atomic mass is 10.1. The fourth-order valence-corrected chi connectivity index (χ4v) is 2.42. The van der Waals surface area contributed by atoms with Gasteiger partial charge in [0.05, 0.1) is 6.10 Å². The summed E-state index contributed by atoms with van der Waals surface area (Å²) in [4.78, 5) is 13.4. The van der Waals surface area contributed by atoms with E-state index in [9.17, 15) is 4.79 Å². The maximum Gasteiger partial charge on any atom is 0.339 e. The Labute approximate surface area is 119 Å². The SMILES string of the molecule is COC1CCN(CCOc2ccccc2C(=O)O)CC1. The highest BCUT2D eigenvalue weighted by molar-refractivity contribution is 5.90. The van der Waals surface area contributed by atoms with Gasteiger partial charge in [-0.1, -0.05) is 12.1 Å². The molecule has 0 bridgehead atoms. The quantitative estimate of drug-likeness (QED) is 0.861. The molecule has 1 aliphatic rings. The van der Waals surface area contributed by atoms with Gasteiger partial charge in [0.25, 0.3) is 0 Å². The van der Waals surface area contributed by atoms with E-state index in [0.717, 1.165) is 32.5 Å². The Balaban J connectivity index is 1.78. The number of rotatable bonds is 6. The van der Waals surface area contributed by atoms with Gasteiger partial charge in [-0.3, -0.25) is 4.90 Å². The van der Waals surface area contributed by atoms with Gasteiger partial charge in [0.15, 0.2) is 0 Å². The summed E-state index contributed by atoms with van der Waals surface area (Å²) >= 11 is 0. The molecule has 1 aromatic rings. The maximum atomic E-state index is 11.1. The lowest BCUT2D eigenvalue weighted by Gasteiger charge is -2.30. The molecule has 0 atom stereocenters. The molecule has 0 amide bonds. The zero-order valence-electron chi connectivity index (χ0n) is 11.7. The summed E-state index contributed by atoms with van der Waals surface area (Å²) < 4.78 is 10.9. The Morgan fingerprint density at radius 3 is 2.70 bits per heavy atom. The zero-order valence-corrected chi connectivity index (χ0v) is 11.7. The van der Waals surface area contributed by atoms with Gasteiger partial charge in [-0.15, -0.1) is 0 Å². The molecule has 1 N–H and O–H groups in total. The molecular weight excluding hydrogens is 258 g/mol. The third-order valence-electron chi connectivity index (χ3n) is 3.65. The third-order valence-corrected chi connectivity index (χ3v) is 3.65. The van der Waals surface area contributed by atoms with Crippen LogP contribution in [0.3, 0.4) is 0 Å². The number of likely N-dealkylation sites (tertiary alicyclic amines) is 1. The van der Waals surface area contributed by atoms with Crippen molar-refractivity contribution in [3.63, 3.8) is 0 Å². The smallest absolute Gasteiger partial charge is 0.339 e. The van der Waals surface area contributed by atoms with Crippen LogP contribution in [-0.2, 0) is 4.74 Å². The number of methoxy groups -OCH3 is 1. The first-order valence-electron chi connectivity index (χ1n) is 6.91. The Bertz CT molecular complexity index is 441. The van der Waals surface area contributed by atoms with Gasteiger partial charge in [-0.2, -0.15) is 0 Å². The molecule has 0 aromatic heterocycles. The van der Waals surface area contributed by atoms with Crippen LogP contribution in [0.15, 0.2) is 24.3 Å². The van der Waals surface area contributed by atoms with E-state index in [-0.39, 0.29) is 5.56 Å². The van der Waals surface area contributed by atoms with Crippen molar-refractivity contribution in [3.8, 4) is 5.75 Å². The van der Waals surface area contributed by atoms with Crippen LogP contribution in [0.5, 0.6) is 5.75 Å². The number of hydrogen-bond acceptors (Lipinski definition) is 4. The van der Waals surface area contributed by atoms with Crippen LogP contribution in [0.2, 0.25) is 0 Å². The Morgan fingerprint density at radius 2 is 2.05 bits per heavy atom. The number of ether oxygens (including phenoxy) is 2. The molecule has 0 spiro atoms. The largest absolute Gasteiger partial charge is 0.491 e. The normalized spacial score (nSPS) is 17.1. The van der Waals surface area contributed by atoms with Crippen molar-refractivity contribution in [2.75, 3.05) is 33.4 Å². The van der Waals surface area contributed by atoms with Crippen LogP contribution in [0.25, 0.3) is 0 Å². The molecular formula is C15H21NO4. The van der Waals surface area contributed by atoms with Gasteiger partial charge < -0.3 is 14.6 Å². The van der Waals surface area contributed by atoms with Gasteiger partial charge in [-0.25, -0.2) is 4.79 Å². The lowest BCUT2D eigenvalue weighted by Crippen LogP contribution is -2.38. The van der Waals surface area contributed by atoms with E-state index in [2.05, 4.69) is 4.90 Å². The van der Waals surface area contributed by atoms with E-state index >= 15 is 0 Å². The summed E-state index contributed by atoms with van der Waals surface area (Å²) in [6.45, 7) is 3.32. The fourth-order valence-electron chi connectivity index (χ4n) is 2.42.